The molecule has 0 aliphatic carbocycles. The van der Waals surface area contributed by atoms with E-state index < -0.39 is 0 Å². The smallest absolute Gasteiger partial charge is 0.160 e. The molecule has 0 saturated carbocycles. The summed E-state index contributed by atoms with van der Waals surface area (Å²) in [5, 5.41) is 7.32. The topological polar surface area (TPSA) is 38.7 Å². The Labute approximate surface area is 286 Å². The summed E-state index contributed by atoms with van der Waals surface area (Å²) in [4.78, 5) is 15.3. The zero-order valence-corrected chi connectivity index (χ0v) is 27.2. The first-order valence-electron chi connectivity index (χ1n) is 16.4. The van der Waals surface area contributed by atoms with Crippen molar-refractivity contribution in [3.63, 3.8) is 0 Å². The molecule has 3 aromatic heterocycles. The number of para-hydroxylation sites is 1. The summed E-state index contributed by atoms with van der Waals surface area (Å²) in [6.45, 7) is 0. The summed E-state index contributed by atoms with van der Waals surface area (Å²) in [5.41, 5.74) is 9.39. The Morgan fingerprint density at radius 3 is 1.94 bits per heavy atom. The predicted molar refractivity (Wildman–Crippen MR) is 207 cm³/mol. The molecule has 0 radical (unpaired) electrons. The molecule has 7 aromatic carbocycles. The van der Waals surface area contributed by atoms with Crippen LogP contribution in [0.15, 0.2) is 164 Å². The van der Waals surface area contributed by atoms with Gasteiger partial charge in [-0.1, -0.05) is 140 Å². The largest absolute Gasteiger partial charge is 0.246 e. The molecule has 0 fully saturated rings. The van der Waals surface area contributed by atoms with Gasteiger partial charge < -0.3 is 0 Å². The number of nitrogens with zero attached hydrogens (tertiary/aromatic N) is 3. The van der Waals surface area contributed by atoms with Gasteiger partial charge in [-0.15, -0.1) is 11.3 Å². The molecule has 49 heavy (non-hydrogen) atoms. The highest BCUT2D eigenvalue weighted by Crippen LogP contribution is 2.45. The maximum Gasteiger partial charge on any atom is 0.160 e. The van der Waals surface area contributed by atoms with Crippen LogP contribution in [0.2, 0.25) is 0 Å². The molecule has 0 bridgehead atoms. The second-order valence-corrected chi connectivity index (χ2v) is 13.4. The fraction of sp³-hybridized carbons (Fsp3) is 0. The number of hydrogen-bond donors (Lipinski definition) is 0. The van der Waals surface area contributed by atoms with Crippen LogP contribution >= 0.6 is 11.3 Å². The van der Waals surface area contributed by atoms with E-state index in [-0.39, 0.29) is 0 Å². The van der Waals surface area contributed by atoms with Gasteiger partial charge in [0, 0.05) is 42.9 Å². The normalized spacial score (nSPS) is 11.7. The summed E-state index contributed by atoms with van der Waals surface area (Å²) in [6.07, 6.45) is 0. The van der Waals surface area contributed by atoms with E-state index in [0.29, 0.717) is 0 Å². The molecule has 0 amide bonds. The highest BCUT2D eigenvalue weighted by molar-refractivity contribution is 7.26. The molecule has 3 heterocycles. The number of thiophene rings is 1. The molecule has 228 valence electrons. The summed E-state index contributed by atoms with van der Waals surface area (Å²) in [6, 6.07) is 57.7. The van der Waals surface area contributed by atoms with E-state index in [9.17, 15) is 0 Å². The van der Waals surface area contributed by atoms with Crippen molar-refractivity contribution in [1.29, 1.82) is 0 Å². The number of rotatable bonds is 4. The third-order valence-electron chi connectivity index (χ3n) is 9.46. The molecule has 0 aliphatic heterocycles. The lowest BCUT2D eigenvalue weighted by molar-refractivity contribution is 1.23. The summed E-state index contributed by atoms with van der Waals surface area (Å²) in [7, 11) is 0. The standard InChI is InChI=1S/C45H27N3S/c1-2-12-31(13-3-1)45-47-37-19-8-6-17-35(37)42(48-45)30-23-21-28(22-24-30)32-14-10-15-33(27-32)43-44-41(36-18-7-9-20-39(36)49-44)40-34-16-5-4-11-29(34)25-26-38(40)46-43/h1-27H. The fourth-order valence-corrected chi connectivity index (χ4v) is 8.34. The van der Waals surface area contributed by atoms with Gasteiger partial charge in [0.05, 0.1) is 27.1 Å². The first-order valence-corrected chi connectivity index (χ1v) is 17.3. The van der Waals surface area contributed by atoms with Gasteiger partial charge in [0.25, 0.3) is 0 Å². The summed E-state index contributed by atoms with van der Waals surface area (Å²) in [5.74, 6) is 0.731. The summed E-state index contributed by atoms with van der Waals surface area (Å²) >= 11 is 1.83. The van der Waals surface area contributed by atoms with Crippen LogP contribution in [0.5, 0.6) is 0 Å². The van der Waals surface area contributed by atoms with Crippen molar-refractivity contribution in [2.45, 2.75) is 0 Å². The Balaban J connectivity index is 1.10. The Morgan fingerprint density at radius 1 is 0.367 bits per heavy atom. The van der Waals surface area contributed by atoms with Crippen LogP contribution in [0.25, 0.3) is 97.8 Å². The van der Waals surface area contributed by atoms with Gasteiger partial charge in [0.15, 0.2) is 5.82 Å². The Bertz CT molecular complexity index is 2870. The van der Waals surface area contributed by atoms with Crippen molar-refractivity contribution < 1.29 is 0 Å². The third kappa shape index (κ3) is 4.61. The van der Waals surface area contributed by atoms with Crippen molar-refractivity contribution in [3.8, 4) is 45.0 Å². The van der Waals surface area contributed by atoms with E-state index in [1.807, 2.05) is 41.7 Å². The van der Waals surface area contributed by atoms with Crippen LogP contribution in [0, 0.1) is 0 Å². The van der Waals surface area contributed by atoms with Crippen LogP contribution in [0.3, 0.4) is 0 Å². The average molecular weight is 642 g/mol. The number of pyridine rings is 1. The lowest BCUT2D eigenvalue weighted by Gasteiger charge is -2.12. The minimum atomic E-state index is 0.731. The van der Waals surface area contributed by atoms with E-state index >= 15 is 0 Å². The predicted octanol–water partition coefficient (Wildman–Crippen LogP) is 12.4. The van der Waals surface area contributed by atoms with Crippen LogP contribution in [-0.2, 0) is 0 Å². The molecule has 4 heteroatoms. The fourth-order valence-electron chi connectivity index (χ4n) is 7.12. The molecule has 10 aromatic rings. The molecular weight excluding hydrogens is 615 g/mol. The maximum atomic E-state index is 5.37. The molecule has 10 rings (SSSR count). The van der Waals surface area contributed by atoms with Crippen LogP contribution in [0.1, 0.15) is 0 Å². The number of benzene rings is 7. The molecule has 0 aliphatic rings. The van der Waals surface area contributed by atoms with Gasteiger partial charge in [-0.2, -0.15) is 0 Å². The zero-order valence-electron chi connectivity index (χ0n) is 26.3. The van der Waals surface area contributed by atoms with Gasteiger partial charge in [-0.25, -0.2) is 15.0 Å². The van der Waals surface area contributed by atoms with Gasteiger partial charge in [-0.3, -0.25) is 0 Å². The van der Waals surface area contributed by atoms with Crippen LogP contribution < -0.4 is 0 Å². The van der Waals surface area contributed by atoms with Crippen molar-refractivity contribution in [2.75, 3.05) is 0 Å². The van der Waals surface area contributed by atoms with E-state index in [0.717, 1.165) is 61.4 Å². The Hall–Kier alpha value is -6.23. The van der Waals surface area contributed by atoms with E-state index in [2.05, 4.69) is 133 Å². The van der Waals surface area contributed by atoms with Crippen molar-refractivity contribution in [2.24, 2.45) is 0 Å². The SMILES string of the molecule is c1ccc(-c2nc(-c3ccc(-c4cccc(-c5nc6ccc7ccccc7c6c6c5sc5ccccc56)c4)cc3)c3ccccc3n2)cc1. The van der Waals surface area contributed by atoms with E-state index in [1.165, 1.54) is 36.3 Å². The van der Waals surface area contributed by atoms with E-state index in [4.69, 9.17) is 15.0 Å². The third-order valence-corrected chi connectivity index (χ3v) is 10.6. The van der Waals surface area contributed by atoms with Gasteiger partial charge >= 0.3 is 0 Å². The van der Waals surface area contributed by atoms with Gasteiger partial charge in [0.1, 0.15) is 0 Å². The molecule has 0 N–H and O–H groups in total. The summed E-state index contributed by atoms with van der Waals surface area (Å²) < 4.78 is 2.50. The van der Waals surface area contributed by atoms with Gasteiger partial charge in [0.2, 0.25) is 0 Å². The zero-order chi connectivity index (χ0) is 32.3. The Morgan fingerprint density at radius 2 is 1.06 bits per heavy atom. The molecule has 0 atom stereocenters. The number of fused-ring (bicyclic) bond motifs is 8. The van der Waals surface area contributed by atoms with E-state index in [1.54, 1.807) is 0 Å². The van der Waals surface area contributed by atoms with Crippen molar-refractivity contribution in [3.05, 3.63) is 164 Å². The molecular formula is C45H27N3S. The molecule has 0 saturated heterocycles. The number of hydrogen-bond acceptors (Lipinski definition) is 4. The Kier molecular flexibility index (Phi) is 6.36. The minimum Gasteiger partial charge on any atom is -0.246 e. The number of aromatic nitrogens is 3. The molecule has 3 nitrogen and oxygen atoms in total. The second kappa shape index (κ2) is 11.2. The first-order chi connectivity index (χ1) is 24.3. The van der Waals surface area contributed by atoms with Crippen LogP contribution in [-0.4, -0.2) is 15.0 Å². The molecule has 0 spiro atoms. The monoisotopic (exact) mass is 641 g/mol. The van der Waals surface area contributed by atoms with Crippen molar-refractivity contribution in [1.82, 2.24) is 15.0 Å². The average Bonchev–Trinajstić information content (AvgIpc) is 3.57. The lowest BCUT2D eigenvalue weighted by Crippen LogP contribution is -1.95. The van der Waals surface area contributed by atoms with Crippen LogP contribution in [0.4, 0.5) is 0 Å². The highest BCUT2D eigenvalue weighted by atomic mass is 32.1. The second-order valence-electron chi connectivity index (χ2n) is 12.4. The van der Waals surface area contributed by atoms with Crippen molar-refractivity contribution >= 4 is 64.1 Å². The van der Waals surface area contributed by atoms with Gasteiger partial charge in [-0.05, 0) is 46.2 Å². The minimum absolute atomic E-state index is 0.731. The lowest BCUT2D eigenvalue weighted by atomic mass is 9.96. The first kappa shape index (κ1) is 27.8. The quantitative estimate of drug-likeness (QED) is 0.180. The molecule has 0 unspecified atom stereocenters. The highest BCUT2D eigenvalue weighted by Gasteiger charge is 2.18. The maximum absolute atomic E-state index is 5.37.